The predicted molar refractivity (Wildman–Crippen MR) is 30.3 cm³/mol. The van der Waals surface area contributed by atoms with Crippen LogP contribution >= 0.6 is 0 Å². The van der Waals surface area contributed by atoms with Crippen molar-refractivity contribution >= 4 is 0 Å². The summed E-state index contributed by atoms with van der Waals surface area (Å²) < 4.78 is 101. The van der Waals surface area contributed by atoms with Crippen LogP contribution in [0.4, 0.5) is 35.1 Å². The van der Waals surface area contributed by atoms with Crippen LogP contribution in [0.1, 0.15) is 0 Å². The minimum Gasteiger partial charge on any atom is -0.277 e. The fourth-order valence-electron chi connectivity index (χ4n) is 1.28. The fourth-order valence-corrected chi connectivity index (χ4v) is 1.28. The molecule has 9 heteroatoms. The quantitative estimate of drug-likeness (QED) is 0.644. The molecule has 1 fully saturated rings. The first kappa shape index (κ1) is 12.5. The molecule has 0 amide bonds. The Kier molecular flexibility index (Phi) is 2.65. The third-order valence-corrected chi connectivity index (χ3v) is 1.92. The van der Waals surface area contributed by atoms with E-state index in [2.05, 4.69) is 4.74 Å². The Bertz CT molecular complexity index is 250. The van der Waals surface area contributed by atoms with Crippen LogP contribution in [0.3, 0.4) is 0 Å². The topological polar surface area (TPSA) is 9.23 Å². The molecule has 0 saturated carbocycles. The van der Waals surface area contributed by atoms with Crippen LogP contribution in [0.15, 0.2) is 0 Å². The lowest BCUT2D eigenvalue weighted by Gasteiger charge is -2.24. The van der Waals surface area contributed by atoms with Crippen molar-refractivity contribution in [3.8, 4) is 0 Å². The van der Waals surface area contributed by atoms with Gasteiger partial charge in [-0.25, -0.2) is 13.2 Å². The van der Waals surface area contributed by atoms with Crippen LogP contribution < -0.4 is 0 Å². The SMILES string of the molecule is FCC1(F)OC(F)(F)C(F)C1C(F)(F)F. The molecule has 0 bridgehead atoms. The van der Waals surface area contributed by atoms with Crippen molar-refractivity contribution < 1.29 is 39.9 Å². The zero-order chi connectivity index (χ0) is 12.1. The molecule has 0 aromatic heterocycles. The summed E-state index contributed by atoms with van der Waals surface area (Å²) >= 11 is 0. The molecule has 1 saturated heterocycles. The van der Waals surface area contributed by atoms with Crippen molar-refractivity contribution in [1.29, 1.82) is 0 Å². The van der Waals surface area contributed by atoms with E-state index in [0.717, 1.165) is 0 Å². The first-order chi connectivity index (χ1) is 6.54. The first-order valence-corrected chi connectivity index (χ1v) is 3.58. The smallest absolute Gasteiger partial charge is 0.277 e. The van der Waals surface area contributed by atoms with E-state index in [0.29, 0.717) is 0 Å². The molecule has 0 radical (unpaired) electrons. The molecule has 15 heavy (non-hydrogen) atoms. The van der Waals surface area contributed by atoms with Crippen LogP contribution in [-0.4, -0.2) is 31.0 Å². The van der Waals surface area contributed by atoms with Crippen molar-refractivity contribution in [2.45, 2.75) is 24.3 Å². The Balaban J connectivity index is 3.11. The number of hydrogen-bond acceptors (Lipinski definition) is 1. The van der Waals surface area contributed by atoms with Gasteiger partial charge in [-0.1, -0.05) is 0 Å². The number of hydrogen-bond donors (Lipinski definition) is 0. The molecule has 0 aliphatic carbocycles. The average molecular weight is 244 g/mol. The second kappa shape index (κ2) is 3.19. The van der Waals surface area contributed by atoms with Gasteiger partial charge in [0.1, 0.15) is 6.67 Å². The summed E-state index contributed by atoms with van der Waals surface area (Å²) in [5.41, 5.74) is 0. The number of ether oxygens (including phenoxy) is 1. The summed E-state index contributed by atoms with van der Waals surface area (Å²) in [7, 11) is 0. The van der Waals surface area contributed by atoms with Gasteiger partial charge in [0.15, 0.2) is 5.92 Å². The van der Waals surface area contributed by atoms with E-state index in [9.17, 15) is 35.1 Å². The third kappa shape index (κ3) is 1.88. The molecule has 1 aliphatic rings. The summed E-state index contributed by atoms with van der Waals surface area (Å²) in [5, 5.41) is 0. The summed E-state index contributed by atoms with van der Waals surface area (Å²) in [4.78, 5) is 0. The Morgan fingerprint density at radius 1 is 1.13 bits per heavy atom. The maximum absolute atomic E-state index is 12.9. The molecule has 0 aromatic rings. The summed E-state index contributed by atoms with van der Waals surface area (Å²) in [6, 6.07) is 0. The van der Waals surface area contributed by atoms with Crippen LogP contribution in [-0.2, 0) is 4.74 Å². The van der Waals surface area contributed by atoms with Gasteiger partial charge in [0.25, 0.3) is 5.85 Å². The molecule has 3 unspecified atom stereocenters. The van der Waals surface area contributed by atoms with Crippen LogP contribution in [0.2, 0.25) is 0 Å². The van der Waals surface area contributed by atoms with E-state index in [-0.39, 0.29) is 0 Å². The molecule has 1 aliphatic heterocycles. The van der Waals surface area contributed by atoms with Gasteiger partial charge in [0, 0.05) is 0 Å². The van der Waals surface area contributed by atoms with Crippen molar-refractivity contribution in [1.82, 2.24) is 0 Å². The Morgan fingerprint density at radius 2 is 1.60 bits per heavy atom. The van der Waals surface area contributed by atoms with Gasteiger partial charge in [-0.05, 0) is 0 Å². The maximum Gasteiger partial charge on any atom is 0.400 e. The minimum absolute atomic E-state index is 2.51. The molecule has 0 N–H and O–H groups in total. The molecular formula is C6H4F8O. The van der Waals surface area contributed by atoms with Crippen LogP contribution in [0.25, 0.3) is 0 Å². The van der Waals surface area contributed by atoms with Gasteiger partial charge in [-0.3, -0.25) is 4.74 Å². The average Bonchev–Trinajstić information content (AvgIpc) is 2.18. The normalized spacial score (nSPS) is 40.8. The monoisotopic (exact) mass is 244 g/mol. The van der Waals surface area contributed by atoms with Gasteiger partial charge in [-0.15, -0.1) is 0 Å². The number of alkyl halides is 8. The van der Waals surface area contributed by atoms with Gasteiger partial charge in [0.05, 0.1) is 0 Å². The molecule has 1 nitrogen and oxygen atoms in total. The second-order valence-electron chi connectivity index (χ2n) is 3.00. The zero-order valence-corrected chi connectivity index (χ0v) is 6.79. The van der Waals surface area contributed by atoms with E-state index in [1.54, 1.807) is 0 Å². The largest absolute Gasteiger partial charge is 0.400 e. The highest BCUT2D eigenvalue weighted by molar-refractivity contribution is 4.99. The standard InChI is InChI=1S/C6H4F8O/c7-1-4(9)2(5(10,11)12)3(8)6(13,14)15-4/h2-3H,1H2. The molecule has 3 atom stereocenters. The van der Waals surface area contributed by atoms with Crippen molar-refractivity contribution in [2.24, 2.45) is 5.92 Å². The lowest BCUT2D eigenvalue weighted by molar-refractivity contribution is -0.311. The zero-order valence-electron chi connectivity index (χ0n) is 6.79. The van der Waals surface area contributed by atoms with Gasteiger partial charge >= 0.3 is 12.3 Å². The molecule has 0 aromatic carbocycles. The van der Waals surface area contributed by atoms with E-state index in [1.807, 2.05) is 0 Å². The Morgan fingerprint density at radius 3 is 1.87 bits per heavy atom. The lowest BCUT2D eigenvalue weighted by Crippen LogP contribution is -2.44. The second-order valence-corrected chi connectivity index (χ2v) is 3.00. The Hall–Kier alpha value is -0.600. The van der Waals surface area contributed by atoms with E-state index >= 15 is 0 Å². The molecule has 1 rings (SSSR count). The van der Waals surface area contributed by atoms with Crippen molar-refractivity contribution in [2.75, 3.05) is 6.67 Å². The van der Waals surface area contributed by atoms with E-state index < -0.39 is 36.9 Å². The predicted octanol–water partition coefficient (Wildman–Crippen LogP) is 2.76. The maximum atomic E-state index is 12.9. The van der Waals surface area contributed by atoms with Crippen LogP contribution in [0.5, 0.6) is 0 Å². The summed E-state index contributed by atoms with van der Waals surface area (Å²) in [6.45, 7) is -2.51. The van der Waals surface area contributed by atoms with E-state index in [4.69, 9.17) is 0 Å². The van der Waals surface area contributed by atoms with Gasteiger partial charge in [0.2, 0.25) is 6.17 Å². The minimum atomic E-state index is -5.65. The molecule has 90 valence electrons. The molecule has 1 heterocycles. The van der Waals surface area contributed by atoms with E-state index in [1.165, 1.54) is 0 Å². The summed E-state index contributed by atoms with van der Waals surface area (Å²) in [6.07, 6.45) is -14.6. The lowest BCUT2D eigenvalue weighted by atomic mass is 9.97. The van der Waals surface area contributed by atoms with Crippen molar-refractivity contribution in [3.63, 3.8) is 0 Å². The Labute approximate surface area is 78.0 Å². The number of halogens is 8. The highest BCUT2D eigenvalue weighted by Gasteiger charge is 2.74. The van der Waals surface area contributed by atoms with Crippen molar-refractivity contribution in [3.05, 3.63) is 0 Å². The van der Waals surface area contributed by atoms with Gasteiger partial charge in [-0.2, -0.15) is 22.0 Å². The summed E-state index contributed by atoms with van der Waals surface area (Å²) in [5.74, 6) is -8.20. The first-order valence-electron chi connectivity index (χ1n) is 3.58. The fraction of sp³-hybridized carbons (Fsp3) is 1.00. The number of rotatable bonds is 1. The molecule has 0 spiro atoms. The van der Waals surface area contributed by atoms with Crippen LogP contribution in [0, 0.1) is 5.92 Å². The van der Waals surface area contributed by atoms with Gasteiger partial charge < -0.3 is 0 Å². The molecular weight excluding hydrogens is 240 g/mol. The highest BCUT2D eigenvalue weighted by atomic mass is 19.4. The highest BCUT2D eigenvalue weighted by Crippen LogP contribution is 2.53. The third-order valence-electron chi connectivity index (χ3n) is 1.92.